The van der Waals surface area contributed by atoms with Crippen molar-refractivity contribution in [3.63, 3.8) is 0 Å². The molecule has 35 heavy (non-hydrogen) atoms. The molecule has 0 bridgehead atoms. The Balaban J connectivity index is 0.000000543. The van der Waals surface area contributed by atoms with Crippen LogP contribution in [0.4, 0.5) is 0 Å². The molecule has 0 aromatic carbocycles. The van der Waals surface area contributed by atoms with Crippen LogP contribution in [0.2, 0.25) is 0 Å². The standard InChI is InChI=1S/C12H17NO4.C6H11ClO2.C6H7NO2/c1-12(2,3)11(15)17-8-13-6-5-9(7-13)10(14)16-4;1-6(2,3)5(8)9-4-7;1-9-6(8)5-2-3-7-4-5/h5-7H,8H2,1-4H3;4H2,1-3H3;2-4,7H,1H3. The quantitative estimate of drug-likeness (QED) is 0.353. The highest BCUT2D eigenvalue weighted by Crippen LogP contribution is 2.16. The first-order valence-electron chi connectivity index (χ1n) is 10.5. The Kier molecular flexibility index (Phi) is 13.5. The summed E-state index contributed by atoms with van der Waals surface area (Å²) < 4.78 is 20.2. The van der Waals surface area contributed by atoms with Crippen LogP contribution < -0.4 is 0 Å². The molecular formula is C24H35ClN2O8. The van der Waals surface area contributed by atoms with E-state index in [1.165, 1.54) is 14.2 Å². The maximum absolute atomic E-state index is 11.5. The SMILES string of the molecule is CC(C)(C)C(=O)OCCl.COC(=O)c1cc[nH]c1.COC(=O)c1ccn(COC(=O)C(C)(C)C)c1. The number of alkyl halides is 1. The number of carbonyl (C=O) groups excluding carboxylic acids is 4. The third-order valence-corrected chi connectivity index (χ3v) is 4.05. The minimum absolute atomic E-state index is 0.0594. The minimum atomic E-state index is -0.529. The smallest absolute Gasteiger partial charge is 0.339 e. The van der Waals surface area contributed by atoms with Gasteiger partial charge in [0.1, 0.15) is 0 Å². The van der Waals surface area contributed by atoms with E-state index in [2.05, 4.69) is 19.2 Å². The number of esters is 4. The summed E-state index contributed by atoms with van der Waals surface area (Å²) in [6.07, 6.45) is 6.49. The number of methoxy groups -OCH3 is 2. The van der Waals surface area contributed by atoms with Gasteiger partial charge in [0.25, 0.3) is 0 Å². The first-order valence-corrected chi connectivity index (χ1v) is 11.1. The van der Waals surface area contributed by atoms with Crippen molar-refractivity contribution < 1.29 is 38.1 Å². The summed E-state index contributed by atoms with van der Waals surface area (Å²) in [4.78, 5) is 46.8. The number of ether oxygens (including phenoxy) is 4. The lowest BCUT2D eigenvalue weighted by Crippen LogP contribution is -2.23. The van der Waals surface area contributed by atoms with Crippen LogP contribution in [0.5, 0.6) is 0 Å². The van der Waals surface area contributed by atoms with Gasteiger partial charge in [0, 0.05) is 24.8 Å². The Morgan fingerprint density at radius 1 is 0.857 bits per heavy atom. The summed E-state index contributed by atoms with van der Waals surface area (Å²) in [5.41, 5.74) is 0.0181. The van der Waals surface area contributed by atoms with Crippen LogP contribution in [0.15, 0.2) is 36.9 Å². The highest BCUT2D eigenvalue weighted by Gasteiger charge is 2.23. The van der Waals surface area contributed by atoms with E-state index >= 15 is 0 Å². The van der Waals surface area contributed by atoms with Crippen molar-refractivity contribution in [3.05, 3.63) is 48.0 Å². The lowest BCUT2D eigenvalue weighted by molar-refractivity contribution is -0.157. The number of aromatic amines is 1. The number of nitrogens with zero attached hydrogens (tertiary/aromatic N) is 1. The molecule has 2 rings (SSSR count). The monoisotopic (exact) mass is 514 g/mol. The molecule has 0 atom stereocenters. The molecule has 1 N–H and O–H groups in total. The second kappa shape index (κ2) is 14.9. The summed E-state index contributed by atoms with van der Waals surface area (Å²) >= 11 is 5.16. The van der Waals surface area contributed by atoms with Gasteiger partial charge < -0.3 is 28.5 Å². The van der Waals surface area contributed by atoms with E-state index in [0.717, 1.165) is 0 Å². The van der Waals surface area contributed by atoms with Gasteiger partial charge in [0.15, 0.2) is 12.8 Å². The summed E-state index contributed by atoms with van der Waals surface area (Å²) in [5.74, 6) is -1.27. The van der Waals surface area contributed by atoms with Gasteiger partial charge in [0.2, 0.25) is 0 Å². The third kappa shape index (κ3) is 12.7. The number of halogens is 1. The van der Waals surface area contributed by atoms with E-state index < -0.39 is 16.8 Å². The van der Waals surface area contributed by atoms with E-state index in [-0.39, 0.29) is 30.7 Å². The zero-order valence-electron chi connectivity index (χ0n) is 21.5. The van der Waals surface area contributed by atoms with Crippen LogP contribution in [0.25, 0.3) is 0 Å². The molecule has 0 aliphatic heterocycles. The summed E-state index contributed by atoms with van der Waals surface area (Å²) in [6.45, 7) is 10.8. The van der Waals surface area contributed by atoms with Gasteiger partial charge in [-0.05, 0) is 53.7 Å². The Labute approximate surface area is 210 Å². The minimum Gasteiger partial charge on any atom is -0.465 e. The summed E-state index contributed by atoms with van der Waals surface area (Å²) in [6, 6.07) is 3.21. The zero-order valence-corrected chi connectivity index (χ0v) is 22.2. The first-order chi connectivity index (χ1) is 16.2. The fourth-order valence-corrected chi connectivity index (χ4v) is 2.04. The van der Waals surface area contributed by atoms with Gasteiger partial charge in [-0.2, -0.15) is 0 Å². The van der Waals surface area contributed by atoms with Gasteiger partial charge in [-0.1, -0.05) is 11.6 Å². The van der Waals surface area contributed by atoms with Crippen LogP contribution in [-0.2, 0) is 35.3 Å². The van der Waals surface area contributed by atoms with E-state index in [4.69, 9.17) is 16.3 Å². The molecule has 0 aliphatic rings. The molecule has 2 aromatic heterocycles. The number of aromatic nitrogens is 2. The molecule has 0 spiro atoms. The predicted octanol–water partition coefficient (Wildman–Crippen LogP) is 4.39. The molecule has 0 amide bonds. The number of hydrogen-bond donors (Lipinski definition) is 1. The maximum atomic E-state index is 11.5. The highest BCUT2D eigenvalue weighted by atomic mass is 35.5. The molecule has 11 heteroatoms. The number of H-pyrrole nitrogens is 1. The fraction of sp³-hybridized carbons (Fsp3) is 0.500. The lowest BCUT2D eigenvalue weighted by atomic mass is 9.97. The number of hydrogen-bond acceptors (Lipinski definition) is 8. The van der Waals surface area contributed by atoms with Crippen LogP contribution in [0.1, 0.15) is 62.3 Å². The Morgan fingerprint density at radius 2 is 1.37 bits per heavy atom. The Hall–Kier alpha value is -3.27. The lowest BCUT2D eigenvalue weighted by Gasteiger charge is -2.16. The van der Waals surface area contributed by atoms with Crippen molar-refractivity contribution in [2.45, 2.75) is 48.3 Å². The van der Waals surface area contributed by atoms with Gasteiger partial charge in [-0.15, -0.1) is 0 Å². The zero-order chi connectivity index (χ0) is 27.2. The molecule has 2 aromatic rings. The third-order valence-electron chi connectivity index (χ3n) is 3.95. The first kappa shape index (κ1) is 31.7. The average molecular weight is 515 g/mol. The Bertz CT molecular complexity index is 938. The van der Waals surface area contributed by atoms with Crippen molar-refractivity contribution >= 4 is 35.5 Å². The maximum Gasteiger partial charge on any atom is 0.339 e. The molecule has 0 saturated heterocycles. The van der Waals surface area contributed by atoms with Crippen LogP contribution in [0.3, 0.4) is 0 Å². The molecular weight excluding hydrogens is 480 g/mol. The topological polar surface area (TPSA) is 126 Å². The molecule has 2 heterocycles. The highest BCUT2D eigenvalue weighted by molar-refractivity contribution is 6.17. The molecule has 196 valence electrons. The number of nitrogens with one attached hydrogen (secondary N) is 1. The second-order valence-corrected chi connectivity index (χ2v) is 9.32. The van der Waals surface area contributed by atoms with Crippen LogP contribution >= 0.6 is 11.6 Å². The molecule has 0 radical (unpaired) electrons. The van der Waals surface area contributed by atoms with Gasteiger partial charge in [-0.25, -0.2) is 9.59 Å². The fourth-order valence-electron chi connectivity index (χ4n) is 1.94. The molecule has 0 saturated carbocycles. The second-order valence-electron chi connectivity index (χ2n) is 9.10. The molecule has 0 aliphatic carbocycles. The summed E-state index contributed by atoms with van der Waals surface area (Å²) in [5, 5.41) is 0. The average Bonchev–Trinajstić information content (AvgIpc) is 3.48. The van der Waals surface area contributed by atoms with Crippen molar-refractivity contribution in [2.75, 3.05) is 20.3 Å². The van der Waals surface area contributed by atoms with Gasteiger partial charge >= 0.3 is 23.9 Å². The van der Waals surface area contributed by atoms with Crippen molar-refractivity contribution in [3.8, 4) is 0 Å². The summed E-state index contributed by atoms with van der Waals surface area (Å²) in [7, 11) is 2.68. The van der Waals surface area contributed by atoms with E-state index in [9.17, 15) is 19.2 Å². The van der Waals surface area contributed by atoms with Crippen molar-refractivity contribution in [1.29, 1.82) is 0 Å². The van der Waals surface area contributed by atoms with Crippen molar-refractivity contribution in [2.24, 2.45) is 10.8 Å². The van der Waals surface area contributed by atoms with E-state index in [0.29, 0.717) is 11.1 Å². The predicted molar refractivity (Wildman–Crippen MR) is 130 cm³/mol. The number of carbonyl (C=O) groups is 4. The number of rotatable bonds is 5. The molecule has 10 nitrogen and oxygen atoms in total. The van der Waals surface area contributed by atoms with Crippen molar-refractivity contribution in [1.82, 2.24) is 9.55 Å². The van der Waals surface area contributed by atoms with Gasteiger partial charge in [0.05, 0.1) is 36.2 Å². The van der Waals surface area contributed by atoms with Gasteiger partial charge in [-0.3, -0.25) is 9.59 Å². The van der Waals surface area contributed by atoms with Crippen LogP contribution in [0, 0.1) is 10.8 Å². The normalized spacial score (nSPS) is 10.5. The molecule has 0 unspecified atom stereocenters. The van der Waals surface area contributed by atoms with Crippen LogP contribution in [-0.4, -0.2) is 53.7 Å². The Morgan fingerprint density at radius 3 is 1.77 bits per heavy atom. The molecule has 0 fully saturated rings. The van der Waals surface area contributed by atoms with E-state index in [1.54, 1.807) is 83.0 Å². The largest absolute Gasteiger partial charge is 0.465 e. The van der Waals surface area contributed by atoms with E-state index in [1.807, 2.05) is 0 Å².